The molecule has 0 bridgehead atoms. The lowest BCUT2D eigenvalue weighted by Crippen LogP contribution is -2.24. The van der Waals surface area contributed by atoms with Crippen LogP contribution in [0.1, 0.15) is 29.2 Å². The number of rotatable bonds is 6. The summed E-state index contributed by atoms with van der Waals surface area (Å²) in [5.41, 5.74) is 3.13. The Morgan fingerprint density at radius 3 is 2.86 bits per heavy atom. The van der Waals surface area contributed by atoms with E-state index in [0.717, 1.165) is 33.5 Å². The molecule has 2 aromatic heterocycles. The summed E-state index contributed by atoms with van der Waals surface area (Å²) in [6.45, 7) is 0.591. The minimum Gasteiger partial charge on any atom is -0.467 e. The van der Waals surface area contributed by atoms with E-state index in [9.17, 15) is 4.79 Å². The summed E-state index contributed by atoms with van der Waals surface area (Å²) < 4.78 is 16.3. The highest BCUT2D eigenvalue weighted by molar-refractivity contribution is 5.86. The number of amides is 1. The van der Waals surface area contributed by atoms with E-state index in [1.54, 1.807) is 6.26 Å². The molecule has 0 unspecified atom stereocenters. The second-order valence-corrected chi connectivity index (χ2v) is 7.02. The zero-order valence-electron chi connectivity index (χ0n) is 15.7. The Labute approximate surface area is 167 Å². The predicted molar refractivity (Wildman–Crippen MR) is 108 cm³/mol. The normalized spacial score (nSPS) is 13.5. The maximum atomic E-state index is 12.8. The predicted octanol–water partition coefficient (Wildman–Crippen LogP) is 4.33. The van der Waals surface area contributed by atoms with Gasteiger partial charge in [-0.25, -0.2) is 0 Å². The van der Waals surface area contributed by atoms with Crippen molar-refractivity contribution in [3.05, 3.63) is 83.9 Å². The summed E-state index contributed by atoms with van der Waals surface area (Å²) in [4.78, 5) is 16.1. The van der Waals surface area contributed by atoms with Crippen LogP contribution in [0.25, 0.3) is 10.9 Å². The van der Waals surface area contributed by atoms with Gasteiger partial charge >= 0.3 is 0 Å². The van der Waals surface area contributed by atoms with Gasteiger partial charge in [-0.2, -0.15) is 0 Å². The van der Waals surface area contributed by atoms with Crippen molar-refractivity contribution in [2.24, 2.45) is 0 Å². The van der Waals surface area contributed by atoms with E-state index in [1.807, 2.05) is 54.7 Å². The Bertz CT molecular complexity index is 1150. The van der Waals surface area contributed by atoms with Crippen LogP contribution >= 0.6 is 0 Å². The number of aromatic amines is 1. The molecule has 0 spiro atoms. The fraction of sp³-hybridized carbons (Fsp3) is 0.174. The molecule has 1 atom stereocenters. The largest absolute Gasteiger partial charge is 0.467 e. The van der Waals surface area contributed by atoms with E-state index in [0.29, 0.717) is 18.7 Å². The van der Waals surface area contributed by atoms with Gasteiger partial charge in [0.1, 0.15) is 5.76 Å². The van der Waals surface area contributed by atoms with Crippen LogP contribution in [0.3, 0.4) is 0 Å². The molecule has 1 amide bonds. The first-order valence-electron chi connectivity index (χ1n) is 9.52. The zero-order chi connectivity index (χ0) is 19.6. The first kappa shape index (κ1) is 17.4. The fourth-order valence-electron chi connectivity index (χ4n) is 3.78. The van der Waals surface area contributed by atoms with Crippen molar-refractivity contribution in [3.8, 4) is 11.5 Å². The summed E-state index contributed by atoms with van der Waals surface area (Å²) >= 11 is 0. The molecule has 6 nitrogen and oxygen atoms in total. The maximum absolute atomic E-state index is 12.8. The summed E-state index contributed by atoms with van der Waals surface area (Å²) in [6, 6.07) is 17.6. The molecule has 6 heteroatoms. The average molecular weight is 388 g/mol. The molecule has 3 heterocycles. The summed E-state index contributed by atoms with van der Waals surface area (Å²) in [5, 5.41) is 4.05. The Balaban J connectivity index is 1.46. The third-order valence-corrected chi connectivity index (χ3v) is 5.23. The van der Waals surface area contributed by atoms with Crippen LogP contribution in [0.4, 0.5) is 0 Å². The molecule has 0 aliphatic carbocycles. The number of carbonyl (C=O) groups is 1. The van der Waals surface area contributed by atoms with Crippen LogP contribution in [0.15, 0.2) is 71.5 Å². The van der Waals surface area contributed by atoms with Crippen molar-refractivity contribution in [2.45, 2.75) is 18.9 Å². The fourth-order valence-corrected chi connectivity index (χ4v) is 3.78. The molecule has 2 aromatic carbocycles. The van der Waals surface area contributed by atoms with Gasteiger partial charge in [-0.05, 0) is 41.5 Å². The second kappa shape index (κ2) is 7.39. The van der Waals surface area contributed by atoms with Gasteiger partial charge in [-0.3, -0.25) is 4.79 Å². The van der Waals surface area contributed by atoms with Gasteiger partial charge in [0.15, 0.2) is 11.5 Å². The first-order valence-corrected chi connectivity index (χ1v) is 9.52. The van der Waals surface area contributed by atoms with Crippen LogP contribution in [0.5, 0.6) is 11.5 Å². The van der Waals surface area contributed by atoms with Gasteiger partial charge in [0.05, 0.1) is 12.8 Å². The third kappa shape index (κ3) is 3.45. The molecular weight excluding hydrogens is 368 g/mol. The highest BCUT2D eigenvalue weighted by Crippen LogP contribution is 2.39. The number of hydrogen-bond donors (Lipinski definition) is 2. The molecular formula is C23H20N2O4. The highest BCUT2D eigenvalue weighted by Gasteiger charge is 2.24. The van der Waals surface area contributed by atoms with Gasteiger partial charge in [0.25, 0.3) is 0 Å². The van der Waals surface area contributed by atoms with Crippen LogP contribution in [-0.2, 0) is 11.3 Å². The van der Waals surface area contributed by atoms with Crippen LogP contribution in [0.2, 0.25) is 0 Å². The number of nitrogens with one attached hydrogen (secondary N) is 2. The van der Waals surface area contributed by atoms with Crippen molar-refractivity contribution < 1.29 is 18.7 Å². The van der Waals surface area contributed by atoms with E-state index in [-0.39, 0.29) is 18.6 Å². The van der Waals surface area contributed by atoms with Crippen molar-refractivity contribution in [3.63, 3.8) is 0 Å². The van der Waals surface area contributed by atoms with Crippen LogP contribution in [-0.4, -0.2) is 17.7 Å². The van der Waals surface area contributed by atoms with Gasteiger partial charge in [0.2, 0.25) is 12.7 Å². The molecule has 4 aromatic rings. The van der Waals surface area contributed by atoms with Crippen LogP contribution < -0.4 is 14.8 Å². The molecule has 5 rings (SSSR count). The smallest absolute Gasteiger partial charge is 0.231 e. The Morgan fingerprint density at radius 2 is 1.97 bits per heavy atom. The first-order chi connectivity index (χ1) is 14.3. The molecule has 0 saturated carbocycles. The number of benzene rings is 2. The topological polar surface area (TPSA) is 76.5 Å². The van der Waals surface area contributed by atoms with Gasteiger partial charge in [0, 0.05) is 29.4 Å². The number of ether oxygens (including phenoxy) is 2. The Hall–Kier alpha value is -3.67. The molecule has 1 aliphatic heterocycles. The monoisotopic (exact) mass is 388 g/mol. The minimum atomic E-state index is -0.128. The van der Waals surface area contributed by atoms with Gasteiger partial charge in [-0.1, -0.05) is 24.3 Å². The lowest BCUT2D eigenvalue weighted by molar-refractivity contribution is -0.121. The number of carbonyl (C=O) groups excluding carboxylic acids is 1. The van der Waals surface area contributed by atoms with E-state index in [4.69, 9.17) is 13.9 Å². The lowest BCUT2D eigenvalue weighted by atomic mass is 9.87. The Morgan fingerprint density at radius 1 is 1.07 bits per heavy atom. The highest BCUT2D eigenvalue weighted by atomic mass is 16.7. The van der Waals surface area contributed by atoms with Gasteiger partial charge in [-0.15, -0.1) is 0 Å². The zero-order valence-corrected chi connectivity index (χ0v) is 15.7. The molecule has 0 radical (unpaired) electrons. The van der Waals surface area contributed by atoms with E-state index < -0.39 is 0 Å². The van der Waals surface area contributed by atoms with E-state index in [2.05, 4.69) is 16.4 Å². The molecule has 1 aliphatic rings. The number of furan rings is 1. The van der Waals surface area contributed by atoms with Crippen molar-refractivity contribution in [1.29, 1.82) is 0 Å². The molecule has 146 valence electrons. The summed E-state index contributed by atoms with van der Waals surface area (Å²) in [6.07, 6.45) is 3.89. The average Bonchev–Trinajstić information content (AvgIpc) is 3.50. The van der Waals surface area contributed by atoms with Crippen molar-refractivity contribution in [1.82, 2.24) is 10.3 Å². The van der Waals surface area contributed by atoms with Crippen molar-refractivity contribution >= 4 is 16.8 Å². The standard InChI is InChI=1S/C23H20N2O4/c26-23(25-12-16-4-3-9-27-16)11-18(15-7-8-21-22(10-15)29-14-28-21)19-13-24-20-6-2-1-5-17(19)20/h1-10,13,18,24H,11-12,14H2,(H,25,26)/t18-/m1/s1. The number of para-hydroxylation sites is 1. The lowest BCUT2D eigenvalue weighted by Gasteiger charge is -2.17. The summed E-state index contributed by atoms with van der Waals surface area (Å²) in [7, 11) is 0. The second-order valence-electron chi connectivity index (χ2n) is 7.02. The SMILES string of the molecule is O=C(C[C@H](c1ccc2c(c1)OCO2)c1c[nH]c2ccccc12)NCc1ccco1. The third-order valence-electron chi connectivity index (χ3n) is 5.23. The minimum absolute atomic E-state index is 0.0469. The molecule has 0 fully saturated rings. The quantitative estimate of drug-likeness (QED) is 0.516. The molecule has 2 N–H and O–H groups in total. The number of aromatic nitrogens is 1. The summed E-state index contributed by atoms with van der Waals surface area (Å²) in [5.74, 6) is 1.99. The maximum Gasteiger partial charge on any atom is 0.231 e. The van der Waals surface area contributed by atoms with E-state index >= 15 is 0 Å². The Kier molecular flexibility index (Phi) is 4.44. The van der Waals surface area contributed by atoms with E-state index in [1.165, 1.54) is 0 Å². The van der Waals surface area contributed by atoms with Crippen LogP contribution in [0, 0.1) is 0 Å². The van der Waals surface area contributed by atoms with Gasteiger partial charge < -0.3 is 24.2 Å². The number of H-pyrrole nitrogens is 1. The number of hydrogen-bond acceptors (Lipinski definition) is 4. The molecule has 0 saturated heterocycles. The number of fused-ring (bicyclic) bond motifs is 2. The van der Waals surface area contributed by atoms with Crippen molar-refractivity contribution in [2.75, 3.05) is 6.79 Å². The molecule has 29 heavy (non-hydrogen) atoms.